The van der Waals surface area contributed by atoms with E-state index in [1.165, 1.54) is 0 Å². The zero-order valence-corrected chi connectivity index (χ0v) is 14.6. The van der Waals surface area contributed by atoms with Crippen LogP contribution in [0.1, 0.15) is 18.0 Å². The van der Waals surface area contributed by atoms with Gasteiger partial charge in [-0.3, -0.25) is 9.13 Å². The Morgan fingerprint density at radius 1 is 1.33 bits per heavy atom. The van der Waals surface area contributed by atoms with Gasteiger partial charge in [0, 0.05) is 19.8 Å². The second-order valence-corrected chi connectivity index (χ2v) is 6.68. The third-order valence-corrected chi connectivity index (χ3v) is 5.12. The second kappa shape index (κ2) is 5.75. The topological polar surface area (TPSA) is 106 Å². The molecular weight excluding hydrogens is 344 g/mol. The summed E-state index contributed by atoms with van der Waals surface area (Å²) >= 11 is 0. The van der Waals surface area contributed by atoms with Gasteiger partial charge in [-0.1, -0.05) is 0 Å². The van der Waals surface area contributed by atoms with E-state index >= 15 is 0 Å². The summed E-state index contributed by atoms with van der Waals surface area (Å²) in [4.78, 5) is 21.9. The lowest BCUT2D eigenvalue weighted by atomic mass is 10.2. The SMILES string of the molecule is Cn1c(=O)n([C@H]2CCNC2)c2nc(-c3cnn4ccc(C#N)cc34)ncc21. The van der Waals surface area contributed by atoms with Crippen LogP contribution in [-0.4, -0.2) is 41.8 Å². The molecule has 5 heterocycles. The summed E-state index contributed by atoms with van der Waals surface area (Å²) in [6, 6.07) is 5.68. The van der Waals surface area contributed by atoms with Crippen LogP contribution in [0.2, 0.25) is 0 Å². The summed E-state index contributed by atoms with van der Waals surface area (Å²) in [6.07, 6.45) is 5.98. The van der Waals surface area contributed by atoms with Crippen molar-refractivity contribution in [2.75, 3.05) is 13.1 Å². The second-order valence-electron chi connectivity index (χ2n) is 6.68. The van der Waals surface area contributed by atoms with E-state index in [4.69, 9.17) is 4.98 Å². The van der Waals surface area contributed by atoms with Gasteiger partial charge in [0.05, 0.1) is 41.1 Å². The van der Waals surface area contributed by atoms with Crippen LogP contribution in [0.3, 0.4) is 0 Å². The summed E-state index contributed by atoms with van der Waals surface area (Å²) in [5, 5.41) is 16.8. The fourth-order valence-corrected chi connectivity index (χ4v) is 3.68. The number of pyridine rings is 1. The van der Waals surface area contributed by atoms with Crippen LogP contribution in [0.4, 0.5) is 0 Å². The molecule has 9 heteroatoms. The van der Waals surface area contributed by atoms with Crippen molar-refractivity contribution in [3.8, 4) is 17.5 Å². The first kappa shape index (κ1) is 15.7. The average Bonchev–Trinajstić information content (AvgIpc) is 3.41. The van der Waals surface area contributed by atoms with Crippen molar-refractivity contribution in [1.29, 1.82) is 5.26 Å². The molecule has 0 radical (unpaired) electrons. The van der Waals surface area contributed by atoms with E-state index in [2.05, 4.69) is 21.5 Å². The van der Waals surface area contributed by atoms with Crippen molar-refractivity contribution < 1.29 is 0 Å². The molecule has 1 aliphatic heterocycles. The average molecular weight is 360 g/mol. The molecule has 1 N–H and O–H groups in total. The smallest absolute Gasteiger partial charge is 0.315 e. The summed E-state index contributed by atoms with van der Waals surface area (Å²) in [5.41, 5.74) is 3.25. The third-order valence-electron chi connectivity index (χ3n) is 5.12. The fraction of sp³-hybridized carbons (Fsp3) is 0.278. The van der Waals surface area contributed by atoms with Crippen LogP contribution in [0.15, 0.2) is 35.5 Å². The van der Waals surface area contributed by atoms with E-state index in [-0.39, 0.29) is 11.7 Å². The summed E-state index contributed by atoms with van der Waals surface area (Å²) in [7, 11) is 1.74. The highest BCUT2D eigenvalue weighted by molar-refractivity contribution is 5.80. The molecule has 134 valence electrons. The highest BCUT2D eigenvalue weighted by atomic mass is 16.1. The van der Waals surface area contributed by atoms with Gasteiger partial charge in [0.1, 0.15) is 5.52 Å². The van der Waals surface area contributed by atoms with Gasteiger partial charge in [0.15, 0.2) is 11.5 Å². The molecule has 0 unspecified atom stereocenters. The van der Waals surface area contributed by atoms with Gasteiger partial charge in [0.25, 0.3) is 0 Å². The minimum atomic E-state index is -0.0863. The van der Waals surface area contributed by atoms with Crippen molar-refractivity contribution in [3.05, 3.63) is 46.8 Å². The quantitative estimate of drug-likeness (QED) is 0.568. The maximum atomic E-state index is 12.7. The first-order chi connectivity index (χ1) is 13.2. The Kier molecular flexibility index (Phi) is 3.35. The Bertz CT molecular complexity index is 1280. The van der Waals surface area contributed by atoms with E-state index in [0.29, 0.717) is 22.6 Å². The van der Waals surface area contributed by atoms with Gasteiger partial charge in [-0.05, 0) is 25.1 Å². The van der Waals surface area contributed by atoms with E-state index in [0.717, 1.165) is 30.6 Å². The van der Waals surface area contributed by atoms with Crippen molar-refractivity contribution in [2.24, 2.45) is 7.05 Å². The van der Waals surface area contributed by atoms with Gasteiger partial charge >= 0.3 is 5.69 Å². The van der Waals surface area contributed by atoms with E-state index in [1.54, 1.807) is 51.4 Å². The maximum Gasteiger partial charge on any atom is 0.330 e. The minimum absolute atomic E-state index is 0.0815. The zero-order valence-electron chi connectivity index (χ0n) is 14.6. The molecule has 1 saturated heterocycles. The van der Waals surface area contributed by atoms with E-state index < -0.39 is 0 Å². The van der Waals surface area contributed by atoms with Gasteiger partial charge in [-0.15, -0.1) is 0 Å². The molecule has 9 nitrogen and oxygen atoms in total. The molecule has 4 aromatic rings. The Hall–Kier alpha value is -3.51. The number of nitriles is 1. The van der Waals surface area contributed by atoms with Crippen molar-refractivity contribution >= 4 is 16.7 Å². The van der Waals surface area contributed by atoms with Gasteiger partial charge in [-0.2, -0.15) is 10.4 Å². The normalized spacial score (nSPS) is 17.0. The third kappa shape index (κ3) is 2.27. The molecule has 1 fully saturated rings. The minimum Gasteiger partial charge on any atom is -0.315 e. The summed E-state index contributed by atoms with van der Waals surface area (Å²) < 4.78 is 5.02. The van der Waals surface area contributed by atoms with Crippen molar-refractivity contribution in [3.63, 3.8) is 0 Å². The Balaban J connectivity index is 1.75. The highest BCUT2D eigenvalue weighted by Gasteiger charge is 2.24. The molecule has 0 aromatic carbocycles. The Labute approximate surface area is 153 Å². The van der Waals surface area contributed by atoms with Crippen LogP contribution in [0.25, 0.3) is 28.1 Å². The van der Waals surface area contributed by atoms with Gasteiger partial charge in [0.2, 0.25) is 0 Å². The molecule has 1 aliphatic rings. The zero-order chi connectivity index (χ0) is 18.5. The van der Waals surface area contributed by atoms with E-state index in [1.807, 2.05) is 0 Å². The first-order valence-corrected chi connectivity index (χ1v) is 8.70. The Morgan fingerprint density at radius 2 is 2.22 bits per heavy atom. The maximum absolute atomic E-state index is 12.7. The lowest BCUT2D eigenvalue weighted by Gasteiger charge is -2.10. The molecule has 0 aliphatic carbocycles. The molecule has 4 aromatic heterocycles. The van der Waals surface area contributed by atoms with Crippen molar-refractivity contribution in [2.45, 2.75) is 12.5 Å². The van der Waals surface area contributed by atoms with Crippen LogP contribution >= 0.6 is 0 Å². The van der Waals surface area contributed by atoms with Crippen LogP contribution in [0.5, 0.6) is 0 Å². The number of nitrogens with zero attached hydrogens (tertiary/aromatic N) is 7. The molecule has 0 spiro atoms. The van der Waals surface area contributed by atoms with Gasteiger partial charge < -0.3 is 5.32 Å². The monoisotopic (exact) mass is 360 g/mol. The lowest BCUT2D eigenvalue weighted by Crippen LogP contribution is -2.27. The van der Waals surface area contributed by atoms with Crippen LogP contribution < -0.4 is 11.0 Å². The standard InChI is InChI=1S/C18H16N8O/c1-24-15-10-21-16(13-9-22-25-5-3-11(7-19)6-14(13)25)23-17(15)26(18(24)27)12-2-4-20-8-12/h3,5-6,9-10,12,20H,2,4,8H2,1H3/t12-/m0/s1. The highest BCUT2D eigenvalue weighted by Crippen LogP contribution is 2.25. The molecule has 1 atom stereocenters. The van der Waals surface area contributed by atoms with Gasteiger partial charge in [-0.25, -0.2) is 19.3 Å². The van der Waals surface area contributed by atoms with Crippen LogP contribution in [-0.2, 0) is 7.05 Å². The molecule has 0 bridgehead atoms. The number of hydrogen-bond acceptors (Lipinski definition) is 6. The lowest BCUT2D eigenvalue weighted by molar-refractivity contribution is 0.532. The number of imidazole rings is 1. The number of aromatic nitrogens is 6. The predicted octanol–water partition coefficient (Wildman–Crippen LogP) is 0.851. The predicted molar refractivity (Wildman–Crippen MR) is 98.2 cm³/mol. The number of rotatable bonds is 2. The first-order valence-electron chi connectivity index (χ1n) is 8.70. The number of nitrogens with one attached hydrogen (secondary N) is 1. The van der Waals surface area contributed by atoms with Crippen LogP contribution in [0, 0.1) is 11.3 Å². The summed E-state index contributed by atoms with van der Waals surface area (Å²) in [6.45, 7) is 1.64. The Morgan fingerprint density at radius 3 is 3.00 bits per heavy atom. The van der Waals surface area contributed by atoms with Crippen molar-refractivity contribution in [1.82, 2.24) is 34.0 Å². The molecule has 5 rings (SSSR count). The molecule has 0 saturated carbocycles. The number of hydrogen-bond donors (Lipinski definition) is 1. The summed E-state index contributed by atoms with van der Waals surface area (Å²) in [5.74, 6) is 0.484. The molecular formula is C18H16N8O. The number of fused-ring (bicyclic) bond motifs is 2. The fourth-order valence-electron chi connectivity index (χ4n) is 3.68. The molecule has 0 amide bonds. The number of aryl methyl sites for hydroxylation is 1. The molecule has 27 heavy (non-hydrogen) atoms. The van der Waals surface area contributed by atoms with E-state index in [9.17, 15) is 10.1 Å². The largest absolute Gasteiger partial charge is 0.330 e.